The fourth-order valence-corrected chi connectivity index (χ4v) is 2.45. The first-order chi connectivity index (χ1) is 8.93. The Morgan fingerprint density at radius 2 is 1.50 bits per heavy atom. The van der Waals surface area contributed by atoms with E-state index in [2.05, 4.69) is 29.2 Å². The maximum absolute atomic E-state index is 5.74. The summed E-state index contributed by atoms with van der Waals surface area (Å²) in [5.74, 6) is 0.909. The SMILES string of the molecule is c1ccc2c(-c3occ4ccccc34)[nH]cc2c1. The Morgan fingerprint density at radius 1 is 0.778 bits per heavy atom. The molecule has 0 aliphatic carbocycles. The van der Waals surface area contributed by atoms with Crippen LogP contribution >= 0.6 is 0 Å². The summed E-state index contributed by atoms with van der Waals surface area (Å²) in [6.45, 7) is 0. The number of nitrogens with one attached hydrogen (secondary N) is 1. The van der Waals surface area contributed by atoms with Crippen LogP contribution in [0.25, 0.3) is 33.0 Å². The van der Waals surface area contributed by atoms with Crippen molar-refractivity contribution in [1.82, 2.24) is 4.98 Å². The average Bonchev–Trinajstić information content (AvgIpc) is 3.01. The Bertz CT molecular complexity index is 766. The van der Waals surface area contributed by atoms with Crippen molar-refractivity contribution >= 4 is 21.5 Å². The molecule has 0 unspecified atom stereocenters. The van der Waals surface area contributed by atoms with Crippen LogP contribution in [0.1, 0.15) is 0 Å². The van der Waals surface area contributed by atoms with E-state index in [-0.39, 0.29) is 0 Å². The summed E-state index contributed by atoms with van der Waals surface area (Å²) >= 11 is 0. The molecule has 0 fully saturated rings. The van der Waals surface area contributed by atoms with E-state index in [0.717, 1.165) is 22.2 Å². The molecule has 1 N–H and O–H groups in total. The molecule has 2 heteroatoms. The topological polar surface area (TPSA) is 28.9 Å². The van der Waals surface area contributed by atoms with E-state index in [0.29, 0.717) is 0 Å². The van der Waals surface area contributed by atoms with Crippen LogP contribution in [0.15, 0.2) is 65.4 Å². The molecule has 86 valence electrons. The lowest BCUT2D eigenvalue weighted by Gasteiger charge is -1.96. The standard InChI is InChI=1S/C16H11NO/c1-3-7-13-11(5-1)9-17-15(13)16-14-8-4-2-6-12(14)10-18-16/h1-10,17H. The lowest BCUT2D eigenvalue weighted by Crippen LogP contribution is -1.75. The average molecular weight is 233 g/mol. The van der Waals surface area contributed by atoms with Crippen LogP contribution in [0.2, 0.25) is 0 Å². The Morgan fingerprint density at radius 3 is 2.39 bits per heavy atom. The summed E-state index contributed by atoms with van der Waals surface area (Å²) in [5, 5.41) is 4.67. The first-order valence-electron chi connectivity index (χ1n) is 5.96. The van der Waals surface area contributed by atoms with Crippen molar-refractivity contribution in [3.8, 4) is 11.5 Å². The van der Waals surface area contributed by atoms with E-state index in [1.807, 2.05) is 30.5 Å². The number of aromatic nitrogens is 1. The normalized spacial score (nSPS) is 11.3. The van der Waals surface area contributed by atoms with Crippen molar-refractivity contribution < 1.29 is 4.42 Å². The molecular weight excluding hydrogens is 222 g/mol. The first kappa shape index (κ1) is 9.54. The van der Waals surface area contributed by atoms with Crippen LogP contribution in [-0.4, -0.2) is 4.98 Å². The zero-order valence-corrected chi connectivity index (χ0v) is 9.68. The summed E-state index contributed by atoms with van der Waals surface area (Å²) in [4.78, 5) is 3.31. The summed E-state index contributed by atoms with van der Waals surface area (Å²) in [7, 11) is 0. The van der Waals surface area contributed by atoms with Gasteiger partial charge in [0.15, 0.2) is 5.76 Å². The number of furan rings is 1. The van der Waals surface area contributed by atoms with Gasteiger partial charge in [0.25, 0.3) is 0 Å². The molecule has 0 radical (unpaired) electrons. The monoisotopic (exact) mass is 233 g/mol. The molecule has 2 aromatic carbocycles. The van der Waals surface area contributed by atoms with Crippen molar-refractivity contribution in [2.24, 2.45) is 0 Å². The first-order valence-corrected chi connectivity index (χ1v) is 5.96. The predicted octanol–water partition coefficient (Wildman–Crippen LogP) is 4.58. The molecule has 0 saturated carbocycles. The highest BCUT2D eigenvalue weighted by atomic mass is 16.3. The van der Waals surface area contributed by atoms with E-state index in [4.69, 9.17) is 4.42 Å². The predicted molar refractivity (Wildman–Crippen MR) is 73.5 cm³/mol. The van der Waals surface area contributed by atoms with Crippen LogP contribution in [0.3, 0.4) is 0 Å². The molecule has 0 saturated heterocycles. The zero-order valence-electron chi connectivity index (χ0n) is 9.68. The fraction of sp³-hybridized carbons (Fsp3) is 0. The second-order valence-electron chi connectivity index (χ2n) is 4.40. The van der Waals surface area contributed by atoms with Crippen molar-refractivity contribution in [3.05, 3.63) is 61.0 Å². The fourth-order valence-electron chi connectivity index (χ4n) is 2.45. The minimum Gasteiger partial charge on any atom is -0.461 e. The number of fused-ring (bicyclic) bond motifs is 2. The Hall–Kier alpha value is -2.48. The van der Waals surface area contributed by atoms with Gasteiger partial charge in [-0.25, -0.2) is 0 Å². The molecule has 0 spiro atoms. The smallest absolute Gasteiger partial charge is 0.158 e. The van der Waals surface area contributed by atoms with Gasteiger partial charge in [-0.15, -0.1) is 0 Å². The van der Waals surface area contributed by atoms with Crippen LogP contribution in [0, 0.1) is 0 Å². The van der Waals surface area contributed by atoms with E-state index >= 15 is 0 Å². The third-order valence-corrected chi connectivity index (χ3v) is 3.34. The van der Waals surface area contributed by atoms with Gasteiger partial charge in [-0.2, -0.15) is 0 Å². The van der Waals surface area contributed by atoms with Gasteiger partial charge in [0.1, 0.15) is 0 Å². The van der Waals surface area contributed by atoms with E-state index in [1.165, 1.54) is 10.8 Å². The van der Waals surface area contributed by atoms with Gasteiger partial charge < -0.3 is 9.40 Å². The van der Waals surface area contributed by atoms with Gasteiger partial charge in [-0.05, 0) is 5.39 Å². The van der Waals surface area contributed by atoms with Crippen LogP contribution < -0.4 is 0 Å². The molecule has 0 atom stereocenters. The highest BCUT2D eigenvalue weighted by Gasteiger charge is 2.12. The lowest BCUT2D eigenvalue weighted by molar-refractivity contribution is 0.586. The molecule has 2 aromatic heterocycles. The molecule has 2 heterocycles. The largest absolute Gasteiger partial charge is 0.461 e. The number of H-pyrrole nitrogens is 1. The zero-order chi connectivity index (χ0) is 11.9. The van der Waals surface area contributed by atoms with Crippen LogP contribution in [0.5, 0.6) is 0 Å². The molecule has 18 heavy (non-hydrogen) atoms. The summed E-state index contributed by atoms with van der Waals surface area (Å²) < 4.78 is 5.74. The van der Waals surface area contributed by atoms with Crippen molar-refractivity contribution in [2.75, 3.05) is 0 Å². The molecule has 0 amide bonds. The Balaban J connectivity index is 2.08. The molecule has 2 nitrogen and oxygen atoms in total. The highest BCUT2D eigenvalue weighted by Crippen LogP contribution is 2.34. The quantitative estimate of drug-likeness (QED) is 0.512. The lowest BCUT2D eigenvalue weighted by atomic mass is 10.1. The van der Waals surface area contributed by atoms with Crippen LogP contribution in [-0.2, 0) is 0 Å². The summed E-state index contributed by atoms with van der Waals surface area (Å²) in [6, 6.07) is 16.5. The van der Waals surface area contributed by atoms with Gasteiger partial charge in [0, 0.05) is 22.4 Å². The number of hydrogen-bond donors (Lipinski definition) is 1. The molecule has 4 rings (SSSR count). The number of rotatable bonds is 1. The van der Waals surface area contributed by atoms with Gasteiger partial charge in [0.05, 0.1) is 12.0 Å². The summed E-state index contributed by atoms with van der Waals surface area (Å²) in [6.07, 6.45) is 3.82. The number of hydrogen-bond acceptors (Lipinski definition) is 1. The van der Waals surface area contributed by atoms with E-state index < -0.39 is 0 Å². The molecule has 4 aromatic rings. The number of aromatic amines is 1. The molecular formula is C16H11NO. The maximum Gasteiger partial charge on any atom is 0.158 e. The maximum atomic E-state index is 5.74. The minimum absolute atomic E-state index is 0.909. The summed E-state index contributed by atoms with van der Waals surface area (Å²) in [5.41, 5.74) is 1.05. The van der Waals surface area contributed by atoms with Crippen molar-refractivity contribution in [3.63, 3.8) is 0 Å². The van der Waals surface area contributed by atoms with Gasteiger partial charge in [-0.1, -0.05) is 48.5 Å². The van der Waals surface area contributed by atoms with Gasteiger partial charge in [0.2, 0.25) is 0 Å². The molecule has 0 bridgehead atoms. The van der Waals surface area contributed by atoms with E-state index in [9.17, 15) is 0 Å². The highest BCUT2D eigenvalue weighted by molar-refractivity contribution is 6.02. The van der Waals surface area contributed by atoms with E-state index in [1.54, 1.807) is 6.26 Å². The van der Waals surface area contributed by atoms with Crippen molar-refractivity contribution in [1.29, 1.82) is 0 Å². The molecule has 0 aliphatic heterocycles. The van der Waals surface area contributed by atoms with Crippen LogP contribution in [0.4, 0.5) is 0 Å². The van der Waals surface area contributed by atoms with Gasteiger partial charge in [-0.3, -0.25) is 0 Å². The second-order valence-corrected chi connectivity index (χ2v) is 4.40. The Kier molecular flexibility index (Phi) is 1.86. The second kappa shape index (κ2) is 3.50. The molecule has 0 aliphatic rings. The third-order valence-electron chi connectivity index (χ3n) is 3.34. The van der Waals surface area contributed by atoms with Crippen molar-refractivity contribution in [2.45, 2.75) is 0 Å². The third kappa shape index (κ3) is 1.23. The van der Waals surface area contributed by atoms with Gasteiger partial charge >= 0.3 is 0 Å². The minimum atomic E-state index is 0.909. The number of benzene rings is 2. The Labute approximate surface area is 104 Å².